The van der Waals surface area contributed by atoms with Crippen LogP contribution in [-0.4, -0.2) is 23.4 Å². The molecule has 1 fully saturated rings. The second-order valence-electron chi connectivity index (χ2n) is 7.80. The van der Waals surface area contributed by atoms with Crippen LogP contribution in [0.1, 0.15) is 66.9 Å². The molecule has 150 valence electrons. The monoisotopic (exact) mass is 442 g/mol. The van der Waals surface area contributed by atoms with Crippen molar-refractivity contribution in [3.05, 3.63) is 63.6 Å². The molecular formula is C24H31BrN2O. The molecule has 1 aliphatic carbocycles. The van der Waals surface area contributed by atoms with Crippen molar-refractivity contribution in [1.82, 2.24) is 4.90 Å². The van der Waals surface area contributed by atoms with E-state index in [4.69, 9.17) is 0 Å². The number of hydrogen-bond acceptors (Lipinski definition) is 2. The highest BCUT2D eigenvalue weighted by Crippen LogP contribution is 2.25. The lowest BCUT2D eigenvalue weighted by Gasteiger charge is -2.34. The van der Waals surface area contributed by atoms with Gasteiger partial charge in [-0.05, 0) is 61.6 Å². The van der Waals surface area contributed by atoms with Crippen molar-refractivity contribution in [2.75, 3.05) is 11.9 Å². The van der Waals surface area contributed by atoms with Gasteiger partial charge in [0.15, 0.2) is 0 Å². The number of aryl methyl sites for hydroxylation is 1. The number of nitrogens with zero attached hydrogens (tertiary/aromatic N) is 1. The van der Waals surface area contributed by atoms with Crippen molar-refractivity contribution in [3.63, 3.8) is 0 Å². The first-order chi connectivity index (χ1) is 13.6. The lowest BCUT2D eigenvalue weighted by Crippen LogP contribution is -2.42. The fraction of sp³-hybridized carbons (Fsp3) is 0.458. The number of halogens is 1. The van der Waals surface area contributed by atoms with Gasteiger partial charge in [-0.15, -0.1) is 0 Å². The maximum absolute atomic E-state index is 13.3. The molecule has 3 nitrogen and oxygen atoms in total. The van der Waals surface area contributed by atoms with E-state index in [1.807, 2.05) is 24.3 Å². The van der Waals surface area contributed by atoms with Crippen LogP contribution in [0.3, 0.4) is 0 Å². The number of benzene rings is 2. The Labute approximate surface area is 177 Å². The molecule has 0 unspecified atom stereocenters. The molecule has 0 radical (unpaired) electrons. The zero-order valence-electron chi connectivity index (χ0n) is 17.0. The van der Waals surface area contributed by atoms with Crippen LogP contribution in [0.15, 0.2) is 46.9 Å². The molecule has 1 N–H and O–H groups in total. The van der Waals surface area contributed by atoms with Crippen molar-refractivity contribution in [3.8, 4) is 0 Å². The molecule has 2 aromatic rings. The van der Waals surface area contributed by atoms with Crippen LogP contribution in [0.2, 0.25) is 0 Å². The second kappa shape index (κ2) is 10.1. The highest BCUT2D eigenvalue weighted by atomic mass is 79.9. The summed E-state index contributed by atoms with van der Waals surface area (Å²) < 4.78 is 1.06. The number of carbonyl (C=O) groups excluding carboxylic acids is 1. The Kier molecular flexibility index (Phi) is 7.55. The zero-order chi connectivity index (χ0) is 19.9. The van der Waals surface area contributed by atoms with Crippen LogP contribution in [0.5, 0.6) is 0 Å². The summed E-state index contributed by atoms with van der Waals surface area (Å²) in [7, 11) is 0. The van der Waals surface area contributed by atoms with E-state index in [9.17, 15) is 4.79 Å². The SMILES string of the molecule is CCCN(C(=O)c1cccc(CNc2cc(Br)ccc2C)c1)C1CCCCC1. The molecule has 0 aromatic heterocycles. The zero-order valence-corrected chi connectivity index (χ0v) is 18.6. The molecule has 0 saturated heterocycles. The molecule has 3 rings (SSSR count). The minimum absolute atomic E-state index is 0.189. The van der Waals surface area contributed by atoms with Gasteiger partial charge >= 0.3 is 0 Å². The van der Waals surface area contributed by atoms with Gasteiger partial charge in [-0.1, -0.05) is 60.3 Å². The Morgan fingerprint density at radius 1 is 1.14 bits per heavy atom. The molecule has 0 atom stereocenters. The maximum Gasteiger partial charge on any atom is 0.254 e. The van der Waals surface area contributed by atoms with Crippen LogP contribution in [-0.2, 0) is 6.54 Å². The minimum atomic E-state index is 0.189. The summed E-state index contributed by atoms with van der Waals surface area (Å²) in [6.45, 7) is 5.81. The first-order valence-corrected chi connectivity index (χ1v) is 11.3. The van der Waals surface area contributed by atoms with Gasteiger partial charge < -0.3 is 10.2 Å². The van der Waals surface area contributed by atoms with E-state index in [1.165, 1.54) is 24.8 Å². The molecule has 0 aliphatic heterocycles. The lowest BCUT2D eigenvalue weighted by atomic mass is 9.93. The molecule has 2 aromatic carbocycles. The summed E-state index contributed by atoms with van der Waals surface area (Å²) in [5.74, 6) is 0.189. The summed E-state index contributed by atoms with van der Waals surface area (Å²) in [4.78, 5) is 15.4. The molecule has 28 heavy (non-hydrogen) atoms. The fourth-order valence-electron chi connectivity index (χ4n) is 4.05. The van der Waals surface area contributed by atoms with E-state index in [1.54, 1.807) is 0 Å². The summed E-state index contributed by atoms with van der Waals surface area (Å²) in [6, 6.07) is 14.7. The number of rotatable bonds is 7. The van der Waals surface area contributed by atoms with Crippen LogP contribution in [0, 0.1) is 6.92 Å². The third-order valence-electron chi connectivity index (χ3n) is 5.60. The van der Waals surface area contributed by atoms with Crippen LogP contribution in [0.25, 0.3) is 0 Å². The molecule has 0 spiro atoms. The molecule has 1 amide bonds. The van der Waals surface area contributed by atoms with Crippen molar-refractivity contribution < 1.29 is 4.79 Å². The fourth-order valence-corrected chi connectivity index (χ4v) is 4.41. The summed E-state index contributed by atoms with van der Waals surface area (Å²) >= 11 is 3.53. The van der Waals surface area contributed by atoms with Crippen molar-refractivity contribution in [2.24, 2.45) is 0 Å². The highest BCUT2D eigenvalue weighted by molar-refractivity contribution is 9.10. The molecule has 0 heterocycles. The van der Waals surface area contributed by atoms with Gasteiger partial charge in [0, 0.05) is 34.9 Å². The Hall–Kier alpha value is -1.81. The normalized spacial score (nSPS) is 14.7. The van der Waals surface area contributed by atoms with Gasteiger partial charge in [-0.2, -0.15) is 0 Å². The van der Waals surface area contributed by atoms with Crippen LogP contribution < -0.4 is 5.32 Å². The summed E-state index contributed by atoms with van der Waals surface area (Å²) in [6.07, 6.45) is 7.10. The van der Waals surface area contributed by atoms with Gasteiger partial charge in [0.2, 0.25) is 0 Å². The topological polar surface area (TPSA) is 32.3 Å². The quantitative estimate of drug-likeness (QED) is 0.526. The van der Waals surface area contributed by atoms with Gasteiger partial charge in [-0.3, -0.25) is 4.79 Å². The minimum Gasteiger partial charge on any atom is -0.381 e. The van der Waals surface area contributed by atoms with E-state index >= 15 is 0 Å². The van der Waals surface area contributed by atoms with E-state index in [2.05, 4.69) is 58.2 Å². The summed E-state index contributed by atoms with van der Waals surface area (Å²) in [5.41, 5.74) is 4.26. The van der Waals surface area contributed by atoms with Gasteiger partial charge in [-0.25, -0.2) is 0 Å². The Bertz CT molecular complexity index is 799. The number of amides is 1. The molecule has 1 saturated carbocycles. The number of carbonyl (C=O) groups is 1. The van der Waals surface area contributed by atoms with Crippen LogP contribution >= 0.6 is 15.9 Å². The lowest BCUT2D eigenvalue weighted by molar-refractivity contribution is 0.0634. The van der Waals surface area contributed by atoms with E-state index in [0.717, 1.165) is 47.1 Å². The average Bonchev–Trinajstić information content (AvgIpc) is 2.73. The van der Waals surface area contributed by atoms with E-state index in [-0.39, 0.29) is 5.91 Å². The molecule has 0 bridgehead atoms. The third-order valence-corrected chi connectivity index (χ3v) is 6.09. The third kappa shape index (κ3) is 5.38. The smallest absolute Gasteiger partial charge is 0.254 e. The van der Waals surface area contributed by atoms with Gasteiger partial charge in [0.1, 0.15) is 0 Å². The first-order valence-electron chi connectivity index (χ1n) is 10.5. The van der Waals surface area contributed by atoms with Crippen molar-refractivity contribution in [1.29, 1.82) is 0 Å². The molecular weight excluding hydrogens is 412 g/mol. The van der Waals surface area contributed by atoms with Crippen LogP contribution in [0.4, 0.5) is 5.69 Å². The Morgan fingerprint density at radius 2 is 1.93 bits per heavy atom. The summed E-state index contributed by atoms with van der Waals surface area (Å²) in [5, 5.41) is 3.50. The number of hydrogen-bond donors (Lipinski definition) is 1. The van der Waals surface area contributed by atoms with E-state index < -0.39 is 0 Å². The Balaban J connectivity index is 1.71. The van der Waals surface area contributed by atoms with Gasteiger partial charge in [0.25, 0.3) is 5.91 Å². The predicted molar refractivity (Wildman–Crippen MR) is 121 cm³/mol. The molecule has 4 heteroatoms. The maximum atomic E-state index is 13.3. The standard InChI is InChI=1S/C24H31BrN2O/c1-3-14-27(22-10-5-4-6-11-22)24(28)20-9-7-8-19(15-20)17-26-23-16-21(25)13-12-18(23)2/h7-9,12-13,15-16,22,26H,3-6,10-11,14,17H2,1-2H3. The number of nitrogens with one attached hydrogen (secondary N) is 1. The Morgan fingerprint density at radius 3 is 2.68 bits per heavy atom. The van der Waals surface area contributed by atoms with Crippen molar-refractivity contribution in [2.45, 2.75) is 65.0 Å². The van der Waals surface area contributed by atoms with E-state index in [0.29, 0.717) is 12.6 Å². The highest BCUT2D eigenvalue weighted by Gasteiger charge is 2.25. The van der Waals surface area contributed by atoms with Crippen molar-refractivity contribution >= 4 is 27.5 Å². The second-order valence-corrected chi connectivity index (χ2v) is 8.72. The average molecular weight is 443 g/mol. The number of anilines is 1. The first kappa shape index (κ1) is 20.9. The molecule has 1 aliphatic rings. The largest absolute Gasteiger partial charge is 0.381 e. The predicted octanol–water partition coefficient (Wildman–Crippen LogP) is 6.55. The van der Waals surface area contributed by atoms with Gasteiger partial charge in [0.05, 0.1) is 0 Å².